The Balaban J connectivity index is 1.45. The summed E-state index contributed by atoms with van der Waals surface area (Å²) in [6.45, 7) is 19.4. The molecule has 0 spiro atoms. The molecule has 10 nitrogen and oxygen atoms in total. The Morgan fingerprint density at radius 3 is 1.21 bits per heavy atom. The normalized spacial score (nSPS) is 21.1. The number of hydrogen-bond acceptors (Lipinski definition) is 8. The zero-order valence-corrected chi connectivity index (χ0v) is 35.8. The highest BCUT2D eigenvalue weighted by Crippen LogP contribution is 2.49. The van der Waals surface area contributed by atoms with E-state index in [0.29, 0.717) is 35.1 Å². The summed E-state index contributed by atoms with van der Waals surface area (Å²) in [6.07, 6.45) is -1.21. The molecule has 2 aliphatic rings. The molecular formula is C44H56N2O8S2. The lowest BCUT2D eigenvalue weighted by molar-refractivity contribution is 0.0655. The maximum Gasteiger partial charge on any atom is 0.246 e. The zero-order valence-electron chi connectivity index (χ0n) is 34.1. The molecule has 2 fully saturated rings. The molecule has 4 atom stereocenters. The highest BCUT2D eigenvalue weighted by molar-refractivity contribution is 7.89. The molecule has 4 aromatic rings. The van der Waals surface area contributed by atoms with Gasteiger partial charge in [0.25, 0.3) is 0 Å². The smallest absolute Gasteiger partial charge is 0.246 e. The van der Waals surface area contributed by atoms with E-state index in [1.54, 1.807) is 64.1 Å². The van der Waals surface area contributed by atoms with Crippen LogP contribution in [-0.2, 0) is 29.5 Å². The first-order valence-corrected chi connectivity index (χ1v) is 22.2. The first-order valence-electron chi connectivity index (χ1n) is 19.4. The average molecular weight is 805 g/mol. The molecule has 302 valence electrons. The van der Waals surface area contributed by atoms with Crippen LogP contribution >= 0.6 is 0 Å². The Morgan fingerprint density at radius 2 is 0.911 bits per heavy atom. The van der Waals surface area contributed by atoms with E-state index < -0.39 is 44.6 Å². The van der Waals surface area contributed by atoms with Gasteiger partial charge in [-0.15, -0.1) is 0 Å². The fourth-order valence-corrected chi connectivity index (χ4v) is 13.1. The van der Waals surface area contributed by atoms with Gasteiger partial charge >= 0.3 is 0 Å². The first-order chi connectivity index (χ1) is 26.2. The third kappa shape index (κ3) is 7.64. The Kier molecular flexibility index (Phi) is 11.9. The molecule has 0 aliphatic carbocycles. The van der Waals surface area contributed by atoms with Gasteiger partial charge in [-0.1, -0.05) is 99.5 Å². The van der Waals surface area contributed by atoms with Crippen molar-refractivity contribution in [3.05, 3.63) is 105 Å². The monoisotopic (exact) mass is 804 g/mol. The third-order valence-electron chi connectivity index (χ3n) is 10.8. The molecule has 6 rings (SSSR count). The van der Waals surface area contributed by atoms with Crippen molar-refractivity contribution in [2.45, 2.75) is 116 Å². The van der Waals surface area contributed by atoms with Gasteiger partial charge in [0.05, 0.1) is 35.1 Å². The van der Waals surface area contributed by atoms with E-state index in [1.807, 2.05) is 65.8 Å². The molecule has 0 aromatic heterocycles. The second kappa shape index (κ2) is 15.9. The van der Waals surface area contributed by atoms with Gasteiger partial charge in [0, 0.05) is 22.3 Å². The van der Waals surface area contributed by atoms with Gasteiger partial charge in [-0.3, -0.25) is 0 Å². The number of nitrogens with zero attached hydrogens (tertiary/aromatic N) is 2. The Hall–Kier alpha value is -3.78. The van der Waals surface area contributed by atoms with Crippen LogP contribution in [0.2, 0.25) is 0 Å². The van der Waals surface area contributed by atoms with Gasteiger partial charge in [0.2, 0.25) is 20.0 Å². The van der Waals surface area contributed by atoms with E-state index in [4.69, 9.17) is 9.47 Å². The van der Waals surface area contributed by atoms with Gasteiger partial charge < -0.3 is 19.7 Å². The molecule has 2 heterocycles. The maximum atomic E-state index is 14.7. The number of hydrogen-bond donors (Lipinski definition) is 2. The van der Waals surface area contributed by atoms with Gasteiger partial charge in [-0.2, -0.15) is 8.61 Å². The molecule has 0 amide bonds. The van der Waals surface area contributed by atoms with Crippen molar-refractivity contribution in [2.75, 3.05) is 13.2 Å². The van der Waals surface area contributed by atoms with Crippen molar-refractivity contribution in [1.82, 2.24) is 8.61 Å². The minimum atomic E-state index is -4.13. The first kappa shape index (κ1) is 41.8. The summed E-state index contributed by atoms with van der Waals surface area (Å²) in [5.74, 6) is -0.179. The van der Waals surface area contributed by atoms with Crippen molar-refractivity contribution in [3.63, 3.8) is 0 Å². The van der Waals surface area contributed by atoms with Crippen LogP contribution < -0.4 is 0 Å². The summed E-state index contributed by atoms with van der Waals surface area (Å²) >= 11 is 0. The maximum absolute atomic E-state index is 14.7. The van der Waals surface area contributed by atoms with Crippen LogP contribution in [0.25, 0.3) is 11.1 Å². The summed E-state index contributed by atoms with van der Waals surface area (Å²) in [7, 11) is -8.25. The number of aromatic hydroxyl groups is 2. The largest absolute Gasteiger partial charge is 0.507 e. The molecule has 2 saturated heterocycles. The topological polar surface area (TPSA) is 134 Å². The molecular weight excluding hydrogens is 749 g/mol. The van der Waals surface area contributed by atoms with Crippen LogP contribution in [0.4, 0.5) is 0 Å². The standard InChI is InChI=1S/C44H56N2O8S2/c1-25(2)17-33-23-53-43(45(33)55(49,50)41-29(7)19-27(5)20-30(41)8)37-15-11-13-35(39(37)47)36-14-12-16-38(40(36)48)44-46(34(24-54-44)18-26(3)4)56(51,52)42-31(9)21-28(6)22-32(42)10/h11-16,19-22,25-26,33-34,43-44,47-48H,17-18,23-24H2,1-10H3/t33-,34-,43-,44-/m0/s1. The fourth-order valence-electron chi connectivity index (χ4n) is 8.93. The number of para-hydroxylation sites is 2. The Labute approximate surface area is 333 Å². The fraction of sp³-hybridized carbons (Fsp3) is 0.455. The number of rotatable bonds is 11. The van der Waals surface area contributed by atoms with Crippen molar-refractivity contribution < 1.29 is 36.5 Å². The number of phenolic OH excluding ortho intramolecular Hbond substituents is 2. The third-order valence-corrected chi connectivity index (χ3v) is 15.2. The molecule has 2 aliphatic heterocycles. The summed E-state index contributed by atoms with van der Waals surface area (Å²) in [4.78, 5) is 0.437. The molecule has 2 N–H and O–H groups in total. The van der Waals surface area contributed by atoms with Crippen molar-refractivity contribution >= 4 is 20.0 Å². The number of aryl methyl sites for hydroxylation is 6. The molecule has 4 aromatic carbocycles. The van der Waals surface area contributed by atoms with E-state index in [-0.39, 0.29) is 68.6 Å². The van der Waals surface area contributed by atoms with E-state index in [2.05, 4.69) is 0 Å². The van der Waals surface area contributed by atoms with Crippen molar-refractivity contribution in [1.29, 1.82) is 0 Å². The van der Waals surface area contributed by atoms with Gasteiger partial charge in [0.1, 0.15) is 11.5 Å². The summed E-state index contributed by atoms with van der Waals surface area (Å²) in [5.41, 5.74) is 5.35. The molecule has 56 heavy (non-hydrogen) atoms. The van der Waals surface area contributed by atoms with Crippen LogP contribution in [-0.4, -0.2) is 61.0 Å². The zero-order chi connectivity index (χ0) is 41.0. The second-order valence-electron chi connectivity index (χ2n) is 16.6. The highest BCUT2D eigenvalue weighted by Gasteiger charge is 2.48. The summed E-state index contributed by atoms with van der Waals surface area (Å²) in [5, 5.41) is 24.1. The lowest BCUT2D eigenvalue weighted by Gasteiger charge is -2.31. The van der Waals surface area contributed by atoms with Crippen molar-refractivity contribution in [3.8, 4) is 22.6 Å². The predicted molar refractivity (Wildman–Crippen MR) is 218 cm³/mol. The SMILES string of the molecule is Cc1cc(C)c(S(=O)(=O)N2[C@@H](CC(C)C)CO[C@H]2c2cccc(-c3cccc([C@@H]4OC[C@H](CC(C)C)N4S(=O)(=O)c4c(C)cc(C)cc4C)c3O)c2O)c(C)c1. The molecule has 0 unspecified atom stereocenters. The van der Waals surface area contributed by atoms with E-state index in [9.17, 15) is 27.0 Å². The van der Waals surface area contributed by atoms with Gasteiger partial charge in [-0.25, -0.2) is 16.8 Å². The predicted octanol–water partition coefficient (Wildman–Crippen LogP) is 8.88. The Morgan fingerprint density at radius 1 is 0.589 bits per heavy atom. The van der Waals surface area contributed by atoms with E-state index >= 15 is 0 Å². The van der Waals surface area contributed by atoms with Crippen molar-refractivity contribution in [2.24, 2.45) is 11.8 Å². The van der Waals surface area contributed by atoms with Gasteiger partial charge in [-0.05, 0) is 88.5 Å². The summed E-state index contributed by atoms with van der Waals surface area (Å²) < 4.78 is 74.1. The number of benzene rings is 4. The number of sulfonamides is 2. The Bertz CT molecular complexity index is 2150. The molecule has 0 bridgehead atoms. The van der Waals surface area contributed by atoms with Crippen LogP contribution in [0.3, 0.4) is 0 Å². The van der Waals surface area contributed by atoms with Crippen LogP contribution in [0.1, 0.15) is 97.5 Å². The highest BCUT2D eigenvalue weighted by atomic mass is 32.2. The van der Waals surface area contributed by atoms with E-state index in [1.165, 1.54) is 8.61 Å². The number of phenols is 2. The lowest BCUT2D eigenvalue weighted by atomic mass is 9.97. The van der Waals surface area contributed by atoms with Crippen LogP contribution in [0.15, 0.2) is 70.5 Å². The van der Waals surface area contributed by atoms with E-state index in [0.717, 1.165) is 11.1 Å². The molecule has 0 radical (unpaired) electrons. The average Bonchev–Trinajstić information content (AvgIpc) is 3.68. The summed E-state index contributed by atoms with van der Waals surface area (Å²) in [6, 6.07) is 16.4. The lowest BCUT2D eigenvalue weighted by Crippen LogP contribution is -2.39. The number of ether oxygens (including phenoxy) is 2. The minimum absolute atomic E-state index is 0.136. The quantitative estimate of drug-likeness (QED) is 0.154. The second-order valence-corrected chi connectivity index (χ2v) is 20.1. The van der Waals surface area contributed by atoms with Crippen LogP contribution in [0, 0.1) is 53.4 Å². The molecule has 0 saturated carbocycles. The van der Waals surface area contributed by atoms with Crippen LogP contribution in [0.5, 0.6) is 11.5 Å². The minimum Gasteiger partial charge on any atom is -0.507 e. The van der Waals surface area contributed by atoms with Gasteiger partial charge in [0.15, 0.2) is 12.5 Å². The molecule has 12 heteroatoms.